The highest BCUT2D eigenvalue weighted by Crippen LogP contribution is 2.30. The van der Waals surface area contributed by atoms with Crippen molar-refractivity contribution in [3.05, 3.63) is 64.7 Å². The van der Waals surface area contributed by atoms with Crippen LogP contribution in [-0.2, 0) is 0 Å². The predicted molar refractivity (Wildman–Crippen MR) is 70.4 cm³/mol. The van der Waals surface area contributed by atoms with Crippen molar-refractivity contribution < 1.29 is 4.92 Å². The maximum atomic E-state index is 11.0. The van der Waals surface area contributed by atoms with Crippen molar-refractivity contribution in [1.29, 1.82) is 0 Å². The summed E-state index contributed by atoms with van der Waals surface area (Å²) in [7, 11) is 0. The van der Waals surface area contributed by atoms with E-state index in [1.54, 1.807) is 18.2 Å². The van der Waals surface area contributed by atoms with Crippen LogP contribution in [0.2, 0.25) is 0 Å². The monoisotopic (exact) mass is 238 g/mol. The van der Waals surface area contributed by atoms with E-state index in [0.29, 0.717) is 5.56 Å². The Kier molecular flexibility index (Phi) is 2.34. The lowest BCUT2D eigenvalue weighted by Gasteiger charge is -1.99. The van der Waals surface area contributed by atoms with Gasteiger partial charge in [0.1, 0.15) is 0 Å². The Labute approximate surface area is 103 Å². The summed E-state index contributed by atoms with van der Waals surface area (Å²) >= 11 is 0. The first-order chi connectivity index (χ1) is 8.75. The lowest BCUT2D eigenvalue weighted by Crippen LogP contribution is -1.91. The quantitative estimate of drug-likeness (QED) is 0.546. The summed E-state index contributed by atoms with van der Waals surface area (Å²) < 4.78 is 0. The molecule has 0 unspecified atom stereocenters. The van der Waals surface area contributed by atoms with E-state index in [1.807, 2.05) is 30.3 Å². The van der Waals surface area contributed by atoms with Crippen molar-refractivity contribution in [1.82, 2.24) is 4.98 Å². The second-order valence-electron chi connectivity index (χ2n) is 4.04. The number of aromatic amines is 1. The molecule has 0 amide bonds. The standard InChI is InChI=1S/C14H10N2O2/c17-16(18)14-8-4-2-6-11(14)13-9-10-5-1-3-7-12(10)15-13/h1-9,15H. The molecule has 0 aliphatic rings. The van der Waals surface area contributed by atoms with E-state index in [9.17, 15) is 10.1 Å². The second kappa shape index (κ2) is 4.00. The van der Waals surface area contributed by atoms with Gasteiger partial charge in [0, 0.05) is 17.0 Å². The number of nitro benzene ring substituents is 1. The minimum absolute atomic E-state index is 0.115. The van der Waals surface area contributed by atoms with Crippen molar-refractivity contribution in [3.63, 3.8) is 0 Å². The zero-order valence-electron chi connectivity index (χ0n) is 9.46. The minimum atomic E-state index is -0.360. The topological polar surface area (TPSA) is 58.9 Å². The van der Waals surface area contributed by atoms with Crippen LogP contribution in [0.3, 0.4) is 0 Å². The molecule has 3 aromatic rings. The van der Waals surface area contributed by atoms with Gasteiger partial charge in [-0.3, -0.25) is 10.1 Å². The molecule has 0 aliphatic carbocycles. The Balaban J connectivity index is 2.23. The van der Waals surface area contributed by atoms with Gasteiger partial charge in [0.25, 0.3) is 5.69 Å². The molecule has 0 atom stereocenters. The van der Waals surface area contributed by atoms with Crippen LogP contribution in [0.25, 0.3) is 22.2 Å². The molecule has 4 heteroatoms. The van der Waals surface area contributed by atoms with Gasteiger partial charge in [-0.05, 0) is 18.2 Å². The molecule has 3 rings (SSSR count). The van der Waals surface area contributed by atoms with Gasteiger partial charge < -0.3 is 4.98 Å². The van der Waals surface area contributed by atoms with Crippen molar-refractivity contribution in [2.24, 2.45) is 0 Å². The number of rotatable bonds is 2. The van der Waals surface area contributed by atoms with Crippen molar-refractivity contribution in [3.8, 4) is 11.3 Å². The highest BCUT2D eigenvalue weighted by molar-refractivity contribution is 5.87. The van der Waals surface area contributed by atoms with Crippen LogP contribution in [0.15, 0.2) is 54.6 Å². The fourth-order valence-corrected chi connectivity index (χ4v) is 2.08. The molecule has 2 aromatic carbocycles. The maximum absolute atomic E-state index is 11.0. The SMILES string of the molecule is O=[N+]([O-])c1ccccc1-c1cc2ccccc2[nH]1. The number of hydrogen-bond acceptors (Lipinski definition) is 2. The van der Waals surface area contributed by atoms with Crippen LogP contribution >= 0.6 is 0 Å². The van der Waals surface area contributed by atoms with Gasteiger partial charge in [-0.2, -0.15) is 0 Å². The zero-order valence-corrected chi connectivity index (χ0v) is 9.46. The van der Waals surface area contributed by atoms with Crippen molar-refractivity contribution in [2.75, 3.05) is 0 Å². The number of H-pyrrole nitrogens is 1. The van der Waals surface area contributed by atoms with E-state index in [1.165, 1.54) is 6.07 Å². The molecule has 0 radical (unpaired) electrons. The third-order valence-corrected chi connectivity index (χ3v) is 2.92. The van der Waals surface area contributed by atoms with Crippen molar-refractivity contribution >= 4 is 16.6 Å². The Morgan fingerprint density at radius 1 is 1.00 bits per heavy atom. The molecule has 1 heterocycles. The lowest BCUT2D eigenvalue weighted by atomic mass is 10.1. The average molecular weight is 238 g/mol. The average Bonchev–Trinajstić information content (AvgIpc) is 2.82. The highest BCUT2D eigenvalue weighted by atomic mass is 16.6. The Morgan fingerprint density at radius 3 is 2.50 bits per heavy atom. The first kappa shape index (κ1) is 10.5. The molecule has 4 nitrogen and oxygen atoms in total. The second-order valence-corrected chi connectivity index (χ2v) is 4.04. The van der Waals surface area contributed by atoms with Crippen LogP contribution in [0.4, 0.5) is 5.69 Å². The molecule has 1 N–H and O–H groups in total. The van der Waals surface area contributed by atoms with Gasteiger partial charge in [0.2, 0.25) is 0 Å². The number of nitrogens with one attached hydrogen (secondary N) is 1. The Morgan fingerprint density at radius 2 is 1.72 bits per heavy atom. The molecule has 88 valence electrons. The molecule has 18 heavy (non-hydrogen) atoms. The largest absolute Gasteiger partial charge is 0.354 e. The molecule has 0 spiro atoms. The van der Waals surface area contributed by atoms with Gasteiger partial charge in [-0.25, -0.2) is 0 Å². The maximum Gasteiger partial charge on any atom is 0.278 e. The molecule has 0 aliphatic heterocycles. The van der Waals surface area contributed by atoms with Crippen LogP contribution in [-0.4, -0.2) is 9.91 Å². The van der Waals surface area contributed by atoms with E-state index in [-0.39, 0.29) is 10.6 Å². The van der Waals surface area contributed by atoms with E-state index in [0.717, 1.165) is 16.6 Å². The zero-order chi connectivity index (χ0) is 12.5. The smallest absolute Gasteiger partial charge is 0.278 e. The first-order valence-corrected chi connectivity index (χ1v) is 5.57. The van der Waals surface area contributed by atoms with Gasteiger partial charge in [0.15, 0.2) is 0 Å². The third-order valence-electron chi connectivity index (χ3n) is 2.92. The van der Waals surface area contributed by atoms with Gasteiger partial charge in [0.05, 0.1) is 16.2 Å². The fourth-order valence-electron chi connectivity index (χ4n) is 2.08. The van der Waals surface area contributed by atoms with Crippen LogP contribution in [0.1, 0.15) is 0 Å². The van der Waals surface area contributed by atoms with Gasteiger partial charge >= 0.3 is 0 Å². The lowest BCUT2D eigenvalue weighted by molar-refractivity contribution is -0.384. The normalized spacial score (nSPS) is 10.7. The molecule has 0 saturated carbocycles. The number of hydrogen-bond donors (Lipinski definition) is 1. The van der Waals surface area contributed by atoms with E-state index in [4.69, 9.17) is 0 Å². The Bertz CT molecular complexity index is 698. The predicted octanol–water partition coefficient (Wildman–Crippen LogP) is 3.74. The molecule has 0 bridgehead atoms. The highest BCUT2D eigenvalue weighted by Gasteiger charge is 2.15. The summed E-state index contributed by atoms with van der Waals surface area (Å²) in [5.41, 5.74) is 2.47. The minimum Gasteiger partial charge on any atom is -0.354 e. The summed E-state index contributed by atoms with van der Waals surface area (Å²) in [6.45, 7) is 0. The summed E-state index contributed by atoms with van der Waals surface area (Å²) in [6, 6.07) is 16.5. The van der Waals surface area contributed by atoms with E-state index < -0.39 is 0 Å². The number of para-hydroxylation sites is 2. The summed E-state index contributed by atoms with van der Waals surface area (Å²) in [6.07, 6.45) is 0. The molecular formula is C14H10N2O2. The number of benzene rings is 2. The number of nitrogens with zero attached hydrogens (tertiary/aromatic N) is 1. The van der Waals surface area contributed by atoms with E-state index in [2.05, 4.69) is 4.98 Å². The van der Waals surface area contributed by atoms with E-state index >= 15 is 0 Å². The fraction of sp³-hybridized carbons (Fsp3) is 0. The van der Waals surface area contributed by atoms with Crippen molar-refractivity contribution in [2.45, 2.75) is 0 Å². The summed E-state index contributed by atoms with van der Waals surface area (Å²) in [5, 5.41) is 12.0. The van der Waals surface area contributed by atoms with Crippen LogP contribution < -0.4 is 0 Å². The number of nitro groups is 1. The Hall–Kier alpha value is -2.62. The number of aromatic nitrogens is 1. The molecule has 0 saturated heterocycles. The van der Waals surface area contributed by atoms with Gasteiger partial charge in [-0.1, -0.05) is 30.3 Å². The number of fused-ring (bicyclic) bond motifs is 1. The first-order valence-electron chi connectivity index (χ1n) is 5.57. The molecular weight excluding hydrogens is 228 g/mol. The third kappa shape index (κ3) is 1.64. The van der Waals surface area contributed by atoms with Crippen LogP contribution in [0, 0.1) is 10.1 Å². The van der Waals surface area contributed by atoms with Gasteiger partial charge in [-0.15, -0.1) is 0 Å². The summed E-state index contributed by atoms with van der Waals surface area (Å²) in [4.78, 5) is 13.8. The summed E-state index contributed by atoms with van der Waals surface area (Å²) in [5.74, 6) is 0. The van der Waals surface area contributed by atoms with Crippen LogP contribution in [0.5, 0.6) is 0 Å². The molecule has 1 aromatic heterocycles. The molecule has 0 fully saturated rings.